The van der Waals surface area contributed by atoms with Crippen LogP contribution < -0.4 is 4.74 Å². The summed E-state index contributed by atoms with van der Waals surface area (Å²) in [5.74, 6) is 1.70. The molecule has 0 spiro atoms. The third-order valence-corrected chi connectivity index (χ3v) is 7.29. The lowest BCUT2D eigenvalue weighted by molar-refractivity contribution is 0.0459. The summed E-state index contributed by atoms with van der Waals surface area (Å²) < 4.78 is 11.9. The van der Waals surface area contributed by atoms with Crippen molar-refractivity contribution in [3.8, 4) is 17.1 Å². The first-order valence-corrected chi connectivity index (χ1v) is 15.4. The van der Waals surface area contributed by atoms with Crippen LogP contribution in [-0.4, -0.2) is 22.7 Å². The molecule has 2 aromatic carbocycles. The van der Waals surface area contributed by atoms with Crippen LogP contribution in [0.1, 0.15) is 108 Å². The third-order valence-electron chi connectivity index (χ3n) is 7.29. The van der Waals surface area contributed by atoms with Gasteiger partial charge in [-0.2, -0.15) is 0 Å². The van der Waals surface area contributed by atoms with Gasteiger partial charge < -0.3 is 9.47 Å². The van der Waals surface area contributed by atoms with Gasteiger partial charge in [-0.25, -0.2) is 9.97 Å². The van der Waals surface area contributed by atoms with Gasteiger partial charge in [0.05, 0.1) is 19.3 Å². The number of unbranched alkanes of at least 4 members (excludes halogenated alkanes) is 10. The van der Waals surface area contributed by atoms with E-state index in [0.29, 0.717) is 12.7 Å². The van der Waals surface area contributed by atoms with Gasteiger partial charge in [0.15, 0.2) is 5.82 Å². The maximum absolute atomic E-state index is 5.98. The maximum atomic E-state index is 5.98. The van der Waals surface area contributed by atoms with Crippen LogP contribution >= 0.6 is 0 Å². The average Bonchev–Trinajstić information content (AvgIpc) is 2.98. The fourth-order valence-electron chi connectivity index (χ4n) is 4.77. The van der Waals surface area contributed by atoms with Crippen molar-refractivity contribution in [1.29, 1.82) is 0 Å². The van der Waals surface area contributed by atoms with Crippen molar-refractivity contribution in [1.82, 2.24) is 9.97 Å². The van der Waals surface area contributed by atoms with Gasteiger partial charge in [-0.1, -0.05) is 101 Å². The van der Waals surface area contributed by atoms with Gasteiger partial charge in [-0.3, -0.25) is 0 Å². The molecule has 4 nitrogen and oxygen atoms in total. The molecule has 3 aromatic rings. The second-order valence-corrected chi connectivity index (χ2v) is 10.8. The Labute approximate surface area is 237 Å². The minimum Gasteiger partial charge on any atom is -0.494 e. The number of hydrogen-bond acceptors (Lipinski definition) is 4. The van der Waals surface area contributed by atoms with Crippen molar-refractivity contribution < 1.29 is 9.47 Å². The van der Waals surface area contributed by atoms with Crippen LogP contribution in [0.5, 0.6) is 5.75 Å². The Hall–Kier alpha value is -2.72. The summed E-state index contributed by atoms with van der Waals surface area (Å²) in [6.45, 7) is 5.94. The topological polar surface area (TPSA) is 44.2 Å². The van der Waals surface area contributed by atoms with E-state index in [2.05, 4.69) is 60.2 Å². The Kier molecular flexibility index (Phi) is 15.3. The van der Waals surface area contributed by atoms with Gasteiger partial charge in [0, 0.05) is 18.0 Å². The zero-order valence-electron chi connectivity index (χ0n) is 24.5. The van der Waals surface area contributed by atoms with Crippen molar-refractivity contribution in [2.24, 2.45) is 0 Å². The summed E-state index contributed by atoms with van der Waals surface area (Å²) in [7, 11) is 0. The molecule has 0 saturated heterocycles. The van der Waals surface area contributed by atoms with Crippen LogP contribution in [-0.2, 0) is 17.8 Å². The highest BCUT2D eigenvalue weighted by Gasteiger charge is 2.05. The molecular weight excluding hydrogens is 480 g/mol. The molecule has 4 heteroatoms. The summed E-state index contributed by atoms with van der Waals surface area (Å²) in [6, 6.07) is 18.6. The van der Waals surface area contributed by atoms with E-state index in [1.165, 1.54) is 81.8 Å². The Morgan fingerprint density at radius 3 is 2.03 bits per heavy atom. The molecule has 39 heavy (non-hydrogen) atoms. The molecule has 1 aromatic heterocycles. The third kappa shape index (κ3) is 13.3. The van der Waals surface area contributed by atoms with E-state index in [4.69, 9.17) is 9.47 Å². The predicted octanol–water partition coefficient (Wildman–Crippen LogP) is 9.76. The number of hydrogen-bond donors (Lipinski definition) is 0. The minimum absolute atomic E-state index is 0.307. The highest BCUT2D eigenvalue weighted by atomic mass is 16.5. The lowest BCUT2D eigenvalue weighted by Gasteiger charge is -2.13. The lowest BCUT2D eigenvalue weighted by Crippen LogP contribution is -2.07. The van der Waals surface area contributed by atoms with E-state index in [9.17, 15) is 0 Å². The van der Waals surface area contributed by atoms with Gasteiger partial charge >= 0.3 is 0 Å². The fraction of sp³-hybridized carbons (Fsp3) is 0.543. The molecule has 0 bridgehead atoms. The summed E-state index contributed by atoms with van der Waals surface area (Å²) in [5, 5.41) is 0. The van der Waals surface area contributed by atoms with Crippen LogP contribution in [0.3, 0.4) is 0 Å². The molecule has 0 aliphatic rings. The van der Waals surface area contributed by atoms with E-state index >= 15 is 0 Å². The number of nitrogens with zero attached hydrogens (tertiary/aromatic N) is 2. The first kappa shape index (κ1) is 30.8. The van der Waals surface area contributed by atoms with Gasteiger partial charge in [-0.05, 0) is 68.0 Å². The smallest absolute Gasteiger partial charge is 0.159 e. The van der Waals surface area contributed by atoms with E-state index in [-0.39, 0.29) is 0 Å². The predicted molar refractivity (Wildman–Crippen MR) is 163 cm³/mol. The summed E-state index contributed by atoms with van der Waals surface area (Å²) >= 11 is 0. The normalized spacial score (nSPS) is 11.9. The van der Waals surface area contributed by atoms with Crippen molar-refractivity contribution >= 4 is 0 Å². The van der Waals surface area contributed by atoms with Crippen LogP contribution in [0.25, 0.3) is 11.4 Å². The molecule has 1 atom stereocenters. The Balaban J connectivity index is 1.23. The summed E-state index contributed by atoms with van der Waals surface area (Å²) in [4.78, 5) is 9.23. The largest absolute Gasteiger partial charge is 0.494 e. The number of ether oxygens (including phenoxy) is 2. The lowest BCUT2D eigenvalue weighted by atomic mass is 10.1. The molecule has 212 valence electrons. The number of aryl methyl sites for hydroxylation is 1. The molecular formula is C35H50N2O2. The minimum atomic E-state index is 0.307. The van der Waals surface area contributed by atoms with E-state index in [0.717, 1.165) is 43.0 Å². The first-order valence-electron chi connectivity index (χ1n) is 15.4. The quantitative estimate of drug-likeness (QED) is 0.129. The molecule has 3 rings (SSSR count). The number of benzene rings is 2. The Morgan fingerprint density at radius 2 is 1.31 bits per heavy atom. The van der Waals surface area contributed by atoms with Crippen molar-refractivity contribution in [3.63, 3.8) is 0 Å². The van der Waals surface area contributed by atoms with Gasteiger partial charge in [0.25, 0.3) is 0 Å². The van der Waals surface area contributed by atoms with E-state index in [1.54, 1.807) is 0 Å². The molecule has 0 N–H and O–H groups in total. The molecule has 0 fully saturated rings. The van der Waals surface area contributed by atoms with Crippen LogP contribution in [0.15, 0.2) is 67.0 Å². The van der Waals surface area contributed by atoms with Gasteiger partial charge in [0.2, 0.25) is 0 Å². The van der Waals surface area contributed by atoms with Crippen molar-refractivity contribution in [2.45, 2.75) is 116 Å². The van der Waals surface area contributed by atoms with Gasteiger partial charge in [0.1, 0.15) is 5.75 Å². The molecule has 0 radical (unpaired) electrons. The summed E-state index contributed by atoms with van der Waals surface area (Å²) in [6.07, 6.45) is 21.8. The Bertz CT molecular complexity index is 989. The Morgan fingerprint density at radius 1 is 0.667 bits per heavy atom. The summed E-state index contributed by atoms with van der Waals surface area (Å²) in [5.41, 5.74) is 3.49. The second-order valence-electron chi connectivity index (χ2n) is 10.8. The van der Waals surface area contributed by atoms with Gasteiger partial charge in [-0.15, -0.1) is 0 Å². The molecule has 0 saturated carbocycles. The van der Waals surface area contributed by atoms with E-state index < -0.39 is 0 Å². The highest BCUT2D eigenvalue weighted by Crippen LogP contribution is 2.20. The molecule has 0 amide bonds. The SMILES string of the molecule is CCCCCCCCCCOc1ccc(-c2ncc(CCCCCCC(C)OCc3ccccc3)cn2)cc1. The standard InChI is InChI=1S/C35H50N2O2/c1-3-4-5-6-7-8-11-17-26-38-34-24-22-33(23-25-34)35-36-27-32(28-37-35)21-14-10-9-13-18-30(2)39-29-31-19-15-12-16-20-31/h12,15-16,19-20,22-25,27-28,30H,3-11,13-14,17-18,21,26,29H2,1-2H3. The van der Waals surface area contributed by atoms with E-state index in [1.807, 2.05) is 30.6 Å². The number of rotatable bonds is 21. The van der Waals surface area contributed by atoms with Crippen molar-refractivity contribution in [2.75, 3.05) is 6.61 Å². The second kappa shape index (κ2) is 19.4. The zero-order chi connectivity index (χ0) is 27.4. The maximum Gasteiger partial charge on any atom is 0.159 e. The molecule has 1 unspecified atom stereocenters. The fourth-order valence-corrected chi connectivity index (χ4v) is 4.77. The van der Waals surface area contributed by atoms with Crippen LogP contribution in [0.4, 0.5) is 0 Å². The van der Waals surface area contributed by atoms with Crippen molar-refractivity contribution in [3.05, 3.63) is 78.1 Å². The number of aromatic nitrogens is 2. The molecule has 0 aliphatic heterocycles. The molecule has 1 heterocycles. The van der Waals surface area contributed by atoms with Crippen LogP contribution in [0.2, 0.25) is 0 Å². The monoisotopic (exact) mass is 530 g/mol. The zero-order valence-corrected chi connectivity index (χ0v) is 24.5. The van der Waals surface area contributed by atoms with Crippen LogP contribution in [0, 0.1) is 0 Å². The first-order chi connectivity index (χ1) is 19.2. The highest BCUT2D eigenvalue weighted by molar-refractivity contribution is 5.55. The molecule has 0 aliphatic carbocycles. The average molecular weight is 531 g/mol.